The van der Waals surface area contributed by atoms with Gasteiger partial charge < -0.3 is 0 Å². The normalized spacial score (nSPS) is 18.0. The van der Waals surface area contributed by atoms with Crippen molar-refractivity contribution in [3.8, 4) is 0 Å². The molecule has 0 aromatic carbocycles. The second kappa shape index (κ2) is 5.11. The zero-order valence-electron chi connectivity index (χ0n) is 8.26. The maximum Gasteiger partial charge on any atom is 0.177 e. The van der Waals surface area contributed by atoms with E-state index >= 15 is 0 Å². The number of carbonyl (C=O) groups excluding carboxylic acids is 1. The lowest BCUT2D eigenvalue weighted by Gasteiger charge is -2.19. The van der Waals surface area contributed by atoms with Crippen molar-refractivity contribution in [1.82, 2.24) is 0 Å². The molecular weight excluding hydrogens is 340 g/mol. The van der Waals surface area contributed by atoms with Crippen LogP contribution in [0, 0.1) is 5.92 Å². The molecule has 1 saturated carbocycles. The lowest BCUT2D eigenvalue weighted by atomic mass is 9.86. The number of rotatable bonds is 2. The Kier molecular flexibility index (Phi) is 4.02. The van der Waals surface area contributed by atoms with Crippen molar-refractivity contribution in [2.24, 2.45) is 5.92 Å². The highest BCUT2D eigenvalue weighted by molar-refractivity contribution is 9.13. The van der Waals surface area contributed by atoms with Crippen LogP contribution in [-0.2, 0) is 0 Å². The van der Waals surface area contributed by atoms with E-state index in [0.717, 1.165) is 26.7 Å². The zero-order valence-corrected chi connectivity index (χ0v) is 12.3. The Morgan fingerprint density at radius 2 is 1.93 bits per heavy atom. The molecule has 0 N–H and O–H groups in total. The van der Waals surface area contributed by atoms with E-state index in [0.29, 0.717) is 5.78 Å². The smallest absolute Gasteiger partial charge is 0.177 e. The zero-order chi connectivity index (χ0) is 10.8. The van der Waals surface area contributed by atoms with Crippen molar-refractivity contribution >= 4 is 49.0 Å². The number of halogens is 2. The Bertz CT molecular complexity index is 367. The van der Waals surface area contributed by atoms with E-state index < -0.39 is 0 Å². The van der Waals surface area contributed by atoms with Gasteiger partial charge in [0.05, 0.1) is 9.35 Å². The summed E-state index contributed by atoms with van der Waals surface area (Å²) in [6.45, 7) is 0. The summed E-state index contributed by atoms with van der Waals surface area (Å²) in [5, 5.41) is 1.97. The molecular formula is C11H12Br2OS. The molecule has 4 heteroatoms. The van der Waals surface area contributed by atoms with Crippen LogP contribution >= 0.6 is 43.2 Å². The van der Waals surface area contributed by atoms with Gasteiger partial charge in [0.1, 0.15) is 0 Å². The van der Waals surface area contributed by atoms with Gasteiger partial charge in [-0.1, -0.05) is 19.3 Å². The molecule has 1 aliphatic rings. The summed E-state index contributed by atoms with van der Waals surface area (Å²) in [4.78, 5) is 13.1. The SMILES string of the molecule is O=C(c1scc(Br)c1Br)C1CCCCC1. The molecule has 1 heterocycles. The first-order valence-corrected chi connectivity index (χ1v) is 7.63. The minimum atomic E-state index is 0.264. The summed E-state index contributed by atoms with van der Waals surface area (Å²) < 4.78 is 1.93. The highest BCUT2D eigenvalue weighted by Gasteiger charge is 2.25. The summed E-state index contributed by atoms with van der Waals surface area (Å²) in [5.41, 5.74) is 0. The fourth-order valence-corrected chi connectivity index (χ4v) is 4.23. The first kappa shape index (κ1) is 11.8. The molecule has 1 aliphatic carbocycles. The van der Waals surface area contributed by atoms with Crippen LogP contribution in [0.3, 0.4) is 0 Å². The number of Topliss-reactive ketones (excluding diaryl/α,β-unsaturated/α-hetero) is 1. The third-order valence-electron chi connectivity index (χ3n) is 2.89. The minimum absolute atomic E-state index is 0.264. The molecule has 0 atom stereocenters. The van der Waals surface area contributed by atoms with Gasteiger partial charge in [0, 0.05) is 15.8 Å². The van der Waals surface area contributed by atoms with Crippen molar-refractivity contribution in [3.63, 3.8) is 0 Å². The average molecular weight is 352 g/mol. The highest BCUT2D eigenvalue weighted by Crippen LogP contribution is 2.36. The lowest BCUT2D eigenvalue weighted by Crippen LogP contribution is -2.17. The minimum Gasteiger partial charge on any atom is -0.293 e. The Hall–Kier alpha value is 0.330. The van der Waals surface area contributed by atoms with Crippen LogP contribution in [0.15, 0.2) is 14.3 Å². The van der Waals surface area contributed by atoms with E-state index in [1.165, 1.54) is 30.6 Å². The maximum atomic E-state index is 12.2. The summed E-state index contributed by atoms with van der Waals surface area (Å²) in [5.74, 6) is 0.595. The fraction of sp³-hybridized carbons (Fsp3) is 0.545. The first-order valence-electron chi connectivity index (χ1n) is 5.17. The van der Waals surface area contributed by atoms with Gasteiger partial charge in [-0.15, -0.1) is 11.3 Å². The standard InChI is InChI=1S/C11H12Br2OS/c12-8-6-15-11(9(8)13)10(14)7-4-2-1-3-5-7/h6-7H,1-5H2. The predicted octanol–water partition coefficient (Wildman–Crippen LogP) is 5.04. The largest absolute Gasteiger partial charge is 0.293 e. The molecule has 0 bridgehead atoms. The molecule has 15 heavy (non-hydrogen) atoms. The van der Waals surface area contributed by atoms with E-state index in [-0.39, 0.29) is 5.92 Å². The highest BCUT2D eigenvalue weighted by atomic mass is 79.9. The van der Waals surface area contributed by atoms with E-state index in [4.69, 9.17) is 0 Å². The van der Waals surface area contributed by atoms with Gasteiger partial charge in [0.2, 0.25) is 0 Å². The quantitative estimate of drug-likeness (QED) is 0.682. The Labute approximate surface area is 111 Å². The molecule has 0 radical (unpaired) electrons. The van der Waals surface area contributed by atoms with Gasteiger partial charge in [0.25, 0.3) is 0 Å². The molecule has 1 nitrogen and oxygen atoms in total. The van der Waals surface area contributed by atoms with Crippen LogP contribution in [0.25, 0.3) is 0 Å². The third kappa shape index (κ3) is 2.53. The molecule has 82 valence electrons. The summed E-state index contributed by atoms with van der Waals surface area (Å²) >= 11 is 8.41. The van der Waals surface area contributed by atoms with Gasteiger partial charge in [-0.3, -0.25) is 4.79 Å². The average Bonchev–Trinajstić information content (AvgIpc) is 2.60. The monoisotopic (exact) mass is 350 g/mol. The molecule has 0 amide bonds. The molecule has 2 rings (SSSR count). The lowest BCUT2D eigenvalue weighted by molar-refractivity contribution is 0.0893. The van der Waals surface area contributed by atoms with Crippen LogP contribution < -0.4 is 0 Å². The van der Waals surface area contributed by atoms with Crippen LogP contribution in [0.2, 0.25) is 0 Å². The van der Waals surface area contributed by atoms with Crippen LogP contribution in [0.4, 0.5) is 0 Å². The van der Waals surface area contributed by atoms with Crippen LogP contribution in [-0.4, -0.2) is 5.78 Å². The number of hydrogen-bond donors (Lipinski definition) is 0. The van der Waals surface area contributed by atoms with Crippen molar-refractivity contribution in [1.29, 1.82) is 0 Å². The van der Waals surface area contributed by atoms with Crippen molar-refractivity contribution < 1.29 is 4.79 Å². The van der Waals surface area contributed by atoms with Crippen molar-refractivity contribution in [3.05, 3.63) is 19.2 Å². The van der Waals surface area contributed by atoms with E-state index in [1.54, 1.807) is 0 Å². The van der Waals surface area contributed by atoms with E-state index in [9.17, 15) is 4.79 Å². The van der Waals surface area contributed by atoms with Crippen LogP contribution in [0.5, 0.6) is 0 Å². The molecule has 0 aliphatic heterocycles. The molecule has 1 aromatic heterocycles. The Morgan fingerprint density at radius 3 is 2.47 bits per heavy atom. The van der Waals surface area contributed by atoms with Gasteiger partial charge >= 0.3 is 0 Å². The number of ketones is 1. The summed E-state index contributed by atoms with van der Waals surface area (Å²) in [7, 11) is 0. The first-order chi connectivity index (χ1) is 7.20. The van der Waals surface area contributed by atoms with Crippen LogP contribution in [0.1, 0.15) is 41.8 Å². The van der Waals surface area contributed by atoms with Gasteiger partial charge in [-0.25, -0.2) is 0 Å². The maximum absolute atomic E-state index is 12.2. The summed E-state index contributed by atoms with van der Waals surface area (Å²) in [6.07, 6.45) is 5.85. The van der Waals surface area contributed by atoms with Gasteiger partial charge in [0.15, 0.2) is 5.78 Å². The molecule has 1 fully saturated rings. The van der Waals surface area contributed by atoms with Gasteiger partial charge in [-0.05, 0) is 44.7 Å². The third-order valence-corrected chi connectivity index (χ3v) is 6.43. The second-order valence-corrected chi connectivity index (χ2v) is 6.45. The summed E-state index contributed by atoms with van der Waals surface area (Å²) in [6, 6.07) is 0. The second-order valence-electron chi connectivity index (χ2n) is 3.93. The topological polar surface area (TPSA) is 17.1 Å². The van der Waals surface area contributed by atoms with Gasteiger partial charge in [-0.2, -0.15) is 0 Å². The number of hydrogen-bond acceptors (Lipinski definition) is 2. The Morgan fingerprint density at radius 1 is 1.27 bits per heavy atom. The number of thiophene rings is 1. The molecule has 0 unspecified atom stereocenters. The Balaban J connectivity index is 2.16. The van der Waals surface area contributed by atoms with E-state index in [1.807, 2.05) is 5.38 Å². The molecule has 1 aromatic rings. The predicted molar refractivity (Wildman–Crippen MR) is 70.6 cm³/mol. The van der Waals surface area contributed by atoms with E-state index in [2.05, 4.69) is 31.9 Å². The fourth-order valence-electron chi connectivity index (χ4n) is 2.04. The molecule has 0 saturated heterocycles. The molecule has 0 spiro atoms. The van der Waals surface area contributed by atoms with Crippen molar-refractivity contribution in [2.45, 2.75) is 32.1 Å². The van der Waals surface area contributed by atoms with Crippen molar-refractivity contribution in [2.75, 3.05) is 0 Å². The number of carbonyl (C=O) groups is 1.